The maximum atomic E-state index is 12.8. The molecule has 1 aromatic carbocycles. The van der Waals surface area contributed by atoms with Gasteiger partial charge in [0.2, 0.25) is 5.91 Å². The Hall–Kier alpha value is -2.74. The fourth-order valence-electron chi connectivity index (χ4n) is 4.04. The number of carbonyl (C=O) groups is 1. The number of fused-ring (bicyclic) bond motifs is 1. The van der Waals surface area contributed by atoms with Crippen molar-refractivity contribution >= 4 is 47.7 Å². The average Bonchev–Trinajstić information content (AvgIpc) is 3.40. The molecule has 0 saturated carbocycles. The van der Waals surface area contributed by atoms with Crippen LogP contribution in [0.15, 0.2) is 36.9 Å². The molecule has 5 N–H and O–H groups in total. The van der Waals surface area contributed by atoms with Crippen LogP contribution < -0.4 is 20.7 Å². The zero-order valence-electron chi connectivity index (χ0n) is 20.0. The molecule has 1 aliphatic rings. The Kier molecular flexibility index (Phi) is 10.2. The third-order valence-electron chi connectivity index (χ3n) is 5.85. The van der Waals surface area contributed by atoms with Gasteiger partial charge in [0.15, 0.2) is 23.2 Å². The molecular formula is C22H31Cl2N7O5. The Balaban J connectivity index is 0.00000228. The molecule has 198 valence electrons. The van der Waals surface area contributed by atoms with Crippen LogP contribution in [0.4, 0.5) is 5.82 Å². The van der Waals surface area contributed by atoms with Crippen molar-refractivity contribution in [2.75, 3.05) is 32.7 Å². The first kappa shape index (κ1) is 29.5. The number of aliphatic hydroxyl groups is 2. The van der Waals surface area contributed by atoms with Crippen molar-refractivity contribution in [2.24, 2.45) is 5.73 Å². The van der Waals surface area contributed by atoms with E-state index in [-0.39, 0.29) is 24.8 Å². The fraction of sp³-hybridized carbons (Fsp3) is 0.455. The third kappa shape index (κ3) is 5.80. The summed E-state index contributed by atoms with van der Waals surface area (Å²) in [5.74, 6) is 0.861. The van der Waals surface area contributed by atoms with Gasteiger partial charge in [0.1, 0.15) is 24.3 Å². The maximum Gasteiger partial charge on any atom is 0.237 e. The topological polar surface area (TPSA) is 161 Å². The van der Waals surface area contributed by atoms with Gasteiger partial charge >= 0.3 is 0 Å². The Bertz CT molecular complexity index is 1150. The highest BCUT2D eigenvalue weighted by Crippen LogP contribution is 2.32. The molecule has 1 fully saturated rings. The zero-order chi connectivity index (χ0) is 24.4. The van der Waals surface area contributed by atoms with E-state index < -0.39 is 43.0 Å². The quantitative estimate of drug-likeness (QED) is 0.305. The average molecular weight is 544 g/mol. The Morgan fingerprint density at radius 3 is 2.56 bits per heavy atom. The Labute approximate surface area is 220 Å². The van der Waals surface area contributed by atoms with Crippen molar-refractivity contribution < 1.29 is 24.5 Å². The number of amides is 1. The second kappa shape index (κ2) is 12.5. The summed E-state index contributed by atoms with van der Waals surface area (Å²) in [6, 6.07) is 5.52. The monoisotopic (exact) mass is 543 g/mol. The molecule has 1 amide bonds. The molecule has 2 aromatic heterocycles. The molecule has 4 unspecified atom stereocenters. The number of hydrogen-bond donors (Lipinski definition) is 4. The number of nitrogens with zero attached hydrogens (tertiary/aromatic N) is 5. The number of ether oxygens (including phenoxy) is 2. The molecule has 0 radical (unpaired) electrons. The predicted molar refractivity (Wildman–Crippen MR) is 138 cm³/mol. The van der Waals surface area contributed by atoms with Crippen LogP contribution in [-0.4, -0.2) is 87.7 Å². The third-order valence-corrected chi connectivity index (χ3v) is 5.85. The second-order valence-corrected chi connectivity index (χ2v) is 8.35. The smallest absolute Gasteiger partial charge is 0.237 e. The first-order chi connectivity index (χ1) is 16.3. The minimum absolute atomic E-state index is 0. The number of halogens is 2. The minimum Gasteiger partial charge on any atom is -0.497 e. The van der Waals surface area contributed by atoms with E-state index in [0.717, 1.165) is 5.56 Å². The highest BCUT2D eigenvalue weighted by molar-refractivity contribution is 5.86. The highest BCUT2D eigenvalue weighted by atomic mass is 35.5. The molecule has 5 atom stereocenters. The number of hydrogen-bond acceptors (Lipinski definition) is 10. The summed E-state index contributed by atoms with van der Waals surface area (Å²) in [5.41, 5.74) is 7.98. The lowest BCUT2D eigenvalue weighted by atomic mass is 10.0. The summed E-state index contributed by atoms with van der Waals surface area (Å²) >= 11 is 0. The van der Waals surface area contributed by atoms with Crippen LogP contribution in [-0.2, 0) is 16.0 Å². The van der Waals surface area contributed by atoms with Crippen molar-refractivity contribution in [3.63, 3.8) is 0 Å². The van der Waals surface area contributed by atoms with Crippen LogP contribution in [0, 0.1) is 0 Å². The maximum absolute atomic E-state index is 12.8. The summed E-state index contributed by atoms with van der Waals surface area (Å²) in [6.07, 6.45) is 0.250. The van der Waals surface area contributed by atoms with Crippen LogP contribution in [0.2, 0.25) is 0 Å². The van der Waals surface area contributed by atoms with Crippen molar-refractivity contribution in [1.82, 2.24) is 24.8 Å². The first-order valence-electron chi connectivity index (χ1n) is 10.8. The molecule has 12 nitrogen and oxygen atoms in total. The summed E-state index contributed by atoms with van der Waals surface area (Å²) in [5, 5.41) is 23.6. The highest BCUT2D eigenvalue weighted by Gasteiger charge is 2.46. The standard InChI is InChI=1S/C22H29N7O5.2ClH/c1-28(2)19-17-20(25-10-24-19)29(11-26-17)22-18(31)16(15(9-30)34-22)27-21(32)14(23)8-12-4-6-13(33-3)7-5-12;;/h4-7,10-11,14-16,18,22,30-31H,8-9,23H2,1-3H3,(H,27,32);2*1H/t14?,15-,16?,18?,22?;;/m1../s1. The number of aromatic nitrogens is 4. The molecule has 3 aromatic rings. The van der Waals surface area contributed by atoms with Crippen LogP contribution in [0.25, 0.3) is 11.2 Å². The molecule has 0 spiro atoms. The Morgan fingerprint density at radius 1 is 1.25 bits per heavy atom. The lowest BCUT2D eigenvalue weighted by Gasteiger charge is -2.23. The van der Waals surface area contributed by atoms with E-state index in [1.54, 1.807) is 28.7 Å². The van der Waals surface area contributed by atoms with E-state index in [1.165, 1.54) is 12.7 Å². The van der Waals surface area contributed by atoms with Crippen molar-refractivity contribution in [3.8, 4) is 5.75 Å². The molecule has 0 bridgehead atoms. The predicted octanol–water partition coefficient (Wildman–Crippen LogP) is 0.0499. The van der Waals surface area contributed by atoms with Crippen molar-refractivity contribution in [3.05, 3.63) is 42.5 Å². The van der Waals surface area contributed by atoms with Gasteiger partial charge in [0.05, 0.1) is 32.1 Å². The largest absolute Gasteiger partial charge is 0.497 e. The number of nitrogens with one attached hydrogen (secondary N) is 1. The number of rotatable bonds is 8. The van der Waals surface area contributed by atoms with Gasteiger partial charge < -0.3 is 35.6 Å². The van der Waals surface area contributed by atoms with Crippen LogP contribution in [0.1, 0.15) is 11.8 Å². The SMILES string of the molecule is COc1ccc(CC(N)C(=O)NC2C(O)C(n3cnc4c(N(C)C)ncnc43)O[C@@H]2CO)cc1.Cl.Cl. The first-order valence-corrected chi connectivity index (χ1v) is 10.8. The number of benzene rings is 1. The summed E-state index contributed by atoms with van der Waals surface area (Å²) in [7, 11) is 5.25. The number of nitrogens with two attached hydrogens (primary N) is 1. The van der Waals surface area contributed by atoms with Crippen molar-refractivity contribution in [2.45, 2.75) is 36.9 Å². The molecule has 14 heteroatoms. The number of methoxy groups -OCH3 is 1. The van der Waals surface area contributed by atoms with E-state index in [1.807, 2.05) is 26.2 Å². The van der Waals surface area contributed by atoms with Crippen LogP contribution >= 0.6 is 24.8 Å². The lowest BCUT2D eigenvalue weighted by molar-refractivity contribution is -0.124. The number of imidazole rings is 1. The van der Waals surface area contributed by atoms with Crippen LogP contribution in [0.5, 0.6) is 5.75 Å². The van der Waals surface area contributed by atoms with Crippen LogP contribution in [0.3, 0.4) is 0 Å². The van der Waals surface area contributed by atoms with E-state index in [4.69, 9.17) is 15.2 Å². The summed E-state index contributed by atoms with van der Waals surface area (Å²) < 4.78 is 12.6. The summed E-state index contributed by atoms with van der Waals surface area (Å²) in [6.45, 7) is -0.406. The van der Waals surface area contributed by atoms with Gasteiger partial charge in [0.25, 0.3) is 0 Å². The molecule has 4 rings (SSSR count). The van der Waals surface area contributed by atoms with E-state index in [2.05, 4.69) is 20.3 Å². The molecule has 36 heavy (non-hydrogen) atoms. The van der Waals surface area contributed by atoms with E-state index in [9.17, 15) is 15.0 Å². The van der Waals surface area contributed by atoms with Gasteiger partial charge in [-0.1, -0.05) is 12.1 Å². The van der Waals surface area contributed by atoms with Gasteiger partial charge in [-0.2, -0.15) is 0 Å². The fourth-order valence-corrected chi connectivity index (χ4v) is 4.04. The normalized spacial score (nSPS) is 21.8. The van der Waals surface area contributed by atoms with Gasteiger partial charge in [0, 0.05) is 14.1 Å². The Morgan fingerprint density at radius 2 is 1.94 bits per heavy atom. The minimum atomic E-state index is -1.18. The van der Waals surface area contributed by atoms with Gasteiger partial charge in [-0.15, -0.1) is 24.8 Å². The zero-order valence-corrected chi connectivity index (χ0v) is 21.6. The second-order valence-electron chi connectivity index (χ2n) is 8.35. The number of anilines is 1. The number of carbonyl (C=O) groups excluding carboxylic acids is 1. The number of aliphatic hydroxyl groups excluding tert-OH is 2. The molecular weight excluding hydrogens is 513 g/mol. The van der Waals surface area contributed by atoms with E-state index in [0.29, 0.717) is 29.2 Å². The molecule has 3 heterocycles. The summed E-state index contributed by atoms with van der Waals surface area (Å²) in [4.78, 5) is 27.5. The van der Waals surface area contributed by atoms with Gasteiger partial charge in [-0.3, -0.25) is 9.36 Å². The molecule has 1 saturated heterocycles. The lowest BCUT2D eigenvalue weighted by Crippen LogP contribution is -2.53. The van der Waals surface area contributed by atoms with Crippen molar-refractivity contribution in [1.29, 1.82) is 0 Å². The van der Waals surface area contributed by atoms with Gasteiger partial charge in [-0.05, 0) is 24.1 Å². The van der Waals surface area contributed by atoms with Gasteiger partial charge in [-0.25, -0.2) is 15.0 Å². The van der Waals surface area contributed by atoms with E-state index >= 15 is 0 Å². The molecule has 0 aliphatic carbocycles. The molecule has 1 aliphatic heterocycles.